The number of benzene rings is 2. The van der Waals surface area contributed by atoms with E-state index < -0.39 is 13.8 Å². The molecule has 1 aromatic heterocycles. The number of carbonyl (C=O) groups is 1. The summed E-state index contributed by atoms with van der Waals surface area (Å²) in [6, 6.07) is 17.8. The van der Waals surface area contributed by atoms with Crippen LogP contribution in [0, 0.1) is 6.92 Å². The Balaban J connectivity index is 2.15. The summed E-state index contributed by atoms with van der Waals surface area (Å²) in [4.78, 5) is 13.6. The van der Waals surface area contributed by atoms with E-state index in [1.54, 1.807) is 12.1 Å². The van der Waals surface area contributed by atoms with Gasteiger partial charge < -0.3 is 10.3 Å². The van der Waals surface area contributed by atoms with Crippen molar-refractivity contribution in [3.63, 3.8) is 0 Å². The molecular weight excluding hydrogens is 339 g/mol. The van der Waals surface area contributed by atoms with E-state index in [2.05, 4.69) is 0 Å². The molecule has 0 aliphatic rings. The number of aryl methyl sites for hydroxylation is 1. The lowest BCUT2D eigenvalue weighted by Gasteiger charge is -2.24. The Morgan fingerprint density at radius 1 is 1.00 bits per heavy atom. The van der Waals surface area contributed by atoms with Gasteiger partial charge in [0.25, 0.3) is 0 Å². The number of primary amides is 1. The Kier molecular flexibility index (Phi) is 4.84. The Labute approximate surface area is 145 Å². The van der Waals surface area contributed by atoms with Crippen LogP contribution in [0.1, 0.15) is 5.56 Å². The molecule has 0 fully saturated rings. The summed E-state index contributed by atoms with van der Waals surface area (Å²) in [5.41, 5.74) is 7.83. The molecule has 0 radical (unpaired) electrons. The van der Waals surface area contributed by atoms with Gasteiger partial charge in [-0.2, -0.15) is 0 Å². The van der Waals surface area contributed by atoms with Crippen LogP contribution in [0.4, 0.5) is 16.2 Å². The predicted molar refractivity (Wildman–Crippen MR) is 102 cm³/mol. The molecule has 1 atom stereocenters. The molecule has 2 N–H and O–H groups in total. The second kappa shape index (κ2) is 7.04. The first-order valence-electron chi connectivity index (χ1n) is 7.42. The van der Waals surface area contributed by atoms with E-state index in [9.17, 15) is 9.36 Å². The van der Waals surface area contributed by atoms with E-state index in [-0.39, 0.29) is 0 Å². The van der Waals surface area contributed by atoms with Gasteiger partial charge in [-0.15, -0.1) is 11.3 Å². The quantitative estimate of drug-likeness (QED) is 0.723. The van der Waals surface area contributed by atoms with E-state index in [1.807, 2.05) is 60.8 Å². The molecule has 3 aromatic rings. The highest BCUT2D eigenvalue weighted by atomic mass is 32.1. The first-order chi connectivity index (χ1) is 11.6. The summed E-state index contributed by atoms with van der Waals surface area (Å²) in [5, 5.41) is 2.53. The molecule has 6 heteroatoms. The van der Waals surface area contributed by atoms with Crippen molar-refractivity contribution >= 4 is 46.5 Å². The monoisotopic (exact) mass is 356 g/mol. The van der Waals surface area contributed by atoms with Crippen molar-refractivity contribution in [1.29, 1.82) is 0 Å². The first-order valence-corrected chi connectivity index (χ1v) is 9.71. The lowest BCUT2D eigenvalue weighted by Crippen LogP contribution is -2.34. The molecular formula is C18H17N2O2PS. The van der Waals surface area contributed by atoms with Crippen molar-refractivity contribution in [3.05, 3.63) is 71.6 Å². The largest absolute Gasteiger partial charge is 0.351 e. The van der Waals surface area contributed by atoms with E-state index in [1.165, 1.54) is 16.2 Å². The molecule has 2 amide bonds. The third kappa shape index (κ3) is 3.14. The zero-order chi connectivity index (χ0) is 17.1. The number of nitrogens with zero attached hydrogens (tertiary/aromatic N) is 1. The Morgan fingerprint density at radius 3 is 2.29 bits per heavy atom. The number of urea groups is 1. The lowest BCUT2D eigenvalue weighted by molar-refractivity contribution is 0.256. The molecule has 0 saturated carbocycles. The fourth-order valence-corrected chi connectivity index (χ4v) is 5.19. The van der Waals surface area contributed by atoms with Crippen molar-refractivity contribution < 1.29 is 9.36 Å². The van der Waals surface area contributed by atoms with Crippen LogP contribution in [-0.2, 0) is 4.57 Å². The second-order valence-corrected chi connectivity index (χ2v) is 8.33. The summed E-state index contributed by atoms with van der Waals surface area (Å²) >= 11 is 1.45. The zero-order valence-electron chi connectivity index (χ0n) is 13.1. The number of hydrogen-bond donors (Lipinski definition) is 1. The molecule has 0 bridgehead atoms. The van der Waals surface area contributed by atoms with E-state index >= 15 is 0 Å². The molecule has 122 valence electrons. The highest BCUT2D eigenvalue weighted by molar-refractivity contribution is 7.68. The molecule has 0 saturated heterocycles. The average molecular weight is 356 g/mol. The third-order valence-corrected chi connectivity index (χ3v) is 6.83. The molecule has 3 rings (SSSR count). The SMILES string of the molecule is Cc1ccccc1N(C(N)=O)c1ccccc1[PH](=O)c1cccs1. The van der Waals surface area contributed by atoms with Gasteiger partial charge in [0.1, 0.15) is 7.80 Å². The lowest BCUT2D eigenvalue weighted by atomic mass is 10.1. The van der Waals surface area contributed by atoms with Crippen LogP contribution in [0.25, 0.3) is 0 Å². The minimum atomic E-state index is -2.21. The maximum absolute atomic E-state index is 13.0. The van der Waals surface area contributed by atoms with E-state index in [0.717, 1.165) is 10.2 Å². The maximum atomic E-state index is 13.0. The molecule has 2 aromatic carbocycles. The molecule has 24 heavy (non-hydrogen) atoms. The van der Waals surface area contributed by atoms with Gasteiger partial charge >= 0.3 is 6.03 Å². The van der Waals surface area contributed by atoms with Crippen molar-refractivity contribution in [1.82, 2.24) is 0 Å². The molecule has 1 heterocycles. The number of thiophene rings is 1. The van der Waals surface area contributed by atoms with Gasteiger partial charge in [-0.1, -0.05) is 36.4 Å². The Morgan fingerprint density at radius 2 is 1.67 bits per heavy atom. The minimum absolute atomic E-state index is 0.566. The van der Waals surface area contributed by atoms with Gasteiger partial charge in [-0.3, -0.25) is 4.90 Å². The van der Waals surface area contributed by atoms with Crippen molar-refractivity contribution in [2.45, 2.75) is 6.92 Å². The number of carbonyl (C=O) groups excluding carboxylic acids is 1. The number of hydrogen-bond acceptors (Lipinski definition) is 3. The van der Waals surface area contributed by atoms with Gasteiger partial charge in [0, 0.05) is 5.30 Å². The second-order valence-electron chi connectivity index (χ2n) is 5.28. The molecule has 0 aliphatic heterocycles. The molecule has 1 unspecified atom stereocenters. The zero-order valence-corrected chi connectivity index (χ0v) is 14.9. The predicted octanol–water partition coefficient (Wildman–Crippen LogP) is 3.78. The van der Waals surface area contributed by atoms with Gasteiger partial charge in [0.05, 0.1) is 16.0 Å². The van der Waals surface area contributed by atoms with Crippen molar-refractivity contribution in [2.24, 2.45) is 5.73 Å². The number of amides is 2. The first kappa shape index (κ1) is 16.5. The topological polar surface area (TPSA) is 63.4 Å². The molecule has 0 aliphatic carbocycles. The van der Waals surface area contributed by atoms with E-state index in [4.69, 9.17) is 5.73 Å². The molecule has 0 spiro atoms. The average Bonchev–Trinajstić information content (AvgIpc) is 3.11. The number of rotatable bonds is 4. The van der Waals surface area contributed by atoms with Crippen LogP contribution in [0.3, 0.4) is 0 Å². The van der Waals surface area contributed by atoms with Gasteiger partial charge in [0.2, 0.25) is 0 Å². The fraction of sp³-hybridized carbons (Fsp3) is 0.0556. The highest BCUT2D eigenvalue weighted by Gasteiger charge is 2.22. The number of anilines is 2. The van der Waals surface area contributed by atoms with Crippen LogP contribution in [0.2, 0.25) is 0 Å². The molecule has 4 nitrogen and oxygen atoms in total. The summed E-state index contributed by atoms with van der Waals surface area (Å²) in [6.45, 7) is 1.91. The summed E-state index contributed by atoms with van der Waals surface area (Å²) < 4.78 is 13.8. The van der Waals surface area contributed by atoms with Crippen molar-refractivity contribution in [2.75, 3.05) is 4.90 Å². The third-order valence-electron chi connectivity index (χ3n) is 3.71. The van der Waals surface area contributed by atoms with Gasteiger partial charge in [0.15, 0.2) is 0 Å². The normalized spacial score (nSPS) is 11.9. The smallest absolute Gasteiger partial charge is 0.323 e. The minimum Gasteiger partial charge on any atom is -0.351 e. The number of para-hydroxylation sites is 2. The Hall–Kier alpha value is -2.36. The maximum Gasteiger partial charge on any atom is 0.323 e. The van der Waals surface area contributed by atoms with Gasteiger partial charge in [-0.05, 0) is 42.1 Å². The van der Waals surface area contributed by atoms with Crippen LogP contribution >= 0.6 is 19.1 Å². The van der Waals surface area contributed by atoms with Crippen LogP contribution in [0.15, 0.2) is 66.0 Å². The van der Waals surface area contributed by atoms with Crippen LogP contribution in [-0.4, -0.2) is 6.03 Å². The van der Waals surface area contributed by atoms with E-state index in [0.29, 0.717) is 16.7 Å². The summed E-state index contributed by atoms with van der Waals surface area (Å²) in [7, 11) is -2.21. The number of nitrogens with two attached hydrogens (primary N) is 1. The van der Waals surface area contributed by atoms with Crippen molar-refractivity contribution in [3.8, 4) is 0 Å². The van der Waals surface area contributed by atoms with Gasteiger partial charge in [-0.25, -0.2) is 4.79 Å². The summed E-state index contributed by atoms with van der Waals surface area (Å²) in [5.74, 6) is 0. The highest BCUT2D eigenvalue weighted by Crippen LogP contribution is 2.33. The van der Waals surface area contributed by atoms with Crippen LogP contribution in [0.5, 0.6) is 0 Å². The summed E-state index contributed by atoms with van der Waals surface area (Å²) in [6.07, 6.45) is 0. The standard InChI is InChI=1S/C18H17N2O2PS/c1-13-7-2-3-8-14(13)20(18(19)21)15-9-4-5-10-16(15)23(22)17-11-6-12-24-17/h2-12,23H,1H3,(H2,19,21). The van der Waals surface area contributed by atoms with Crippen LogP contribution < -0.4 is 20.6 Å². The Bertz CT molecular complexity index is 894. The fourth-order valence-electron chi connectivity index (χ4n) is 2.58.